The van der Waals surface area contributed by atoms with E-state index in [1.807, 2.05) is 24.0 Å². The molecule has 0 aliphatic heterocycles. The van der Waals surface area contributed by atoms with Crippen LogP contribution in [0.4, 0.5) is 0 Å². The molecular weight excluding hydrogens is 320 g/mol. The molecule has 136 valence electrons. The van der Waals surface area contributed by atoms with Crippen molar-refractivity contribution in [3.8, 4) is 5.75 Å². The van der Waals surface area contributed by atoms with Gasteiger partial charge < -0.3 is 15.2 Å². The first kappa shape index (κ1) is 17.7. The van der Waals surface area contributed by atoms with Gasteiger partial charge in [0.25, 0.3) is 5.91 Å². The van der Waals surface area contributed by atoms with Crippen molar-refractivity contribution >= 4 is 11.9 Å². The van der Waals surface area contributed by atoms with E-state index in [1.165, 1.54) is 6.42 Å². The predicted molar refractivity (Wildman–Crippen MR) is 93.9 cm³/mol. The molecule has 0 atom stereocenters. The molecule has 0 saturated heterocycles. The Morgan fingerprint density at radius 1 is 1.24 bits per heavy atom. The van der Waals surface area contributed by atoms with Crippen molar-refractivity contribution in [2.24, 2.45) is 0 Å². The smallest absolute Gasteiger partial charge is 0.317 e. The SMILES string of the molecule is CCN(CC(=O)O)C1CC(NC(=O)c2ccc(OC3CCC3)cc2)C1. The van der Waals surface area contributed by atoms with Gasteiger partial charge >= 0.3 is 5.97 Å². The van der Waals surface area contributed by atoms with E-state index in [4.69, 9.17) is 9.84 Å². The van der Waals surface area contributed by atoms with E-state index in [-0.39, 0.29) is 24.5 Å². The van der Waals surface area contributed by atoms with Crippen LogP contribution in [0.2, 0.25) is 0 Å². The fourth-order valence-corrected chi connectivity index (χ4v) is 3.31. The minimum absolute atomic E-state index is 0.0598. The van der Waals surface area contributed by atoms with E-state index in [9.17, 15) is 9.59 Å². The molecule has 2 N–H and O–H groups in total. The number of rotatable bonds is 8. The van der Waals surface area contributed by atoms with Gasteiger partial charge in [0.1, 0.15) is 5.75 Å². The standard InChI is InChI=1S/C19H26N2O4/c1-2-21(12-18(22)23)15-10-14(11-15)20-19(24)13-6-8-17(9-7-13)25-16-4-3-5-16/h6-9,14-16H,2-5,10-12H2,1H3,(H,20,24)(H,22,23). The van der Waals surface area contributed by atoms with Gasteiger partial charge in [-0.3, -0.25) is 14.5 Å². The highest BCUT2D eigenvalue weighted by Crippen LogP contribution is 2.27. The summed E-state index contributed by atoms with van der Waals surface area (Å²) in [6.45, 7) is 2.73. The Morgan fingerprint density at radius 3 is 2.44 bits per heavy atom. The van der Waals surface area contributed by atoms with Crippen LogP contribution in [0, 0.1) is 0 Å². The molecule has 2 aliphatic carbocycles. The Balaban J connectivity index is 1.44. The molecule has 25 heavy (non-hydrogen) atoms. The number of nitrogens with zero attached hydrogens (tertiary/aromatic N) is 1. The largest absolute Gasteiger partial charge is 0.490 e. The molecule has 2 saturated carbocycles. The van der Waals surface area contributed by atoms with Crippen LogP contribution in [0.3, 0.4) is 0 Å². The van der Waals surface area contributed by atoms with Crippen molar-refractivity contribution in [2.75, 3.05) is 13.1 Å². The Hall–Kier alpha value is -2.08. The lowest BCUT2D eigenvalue weighted by Crippen LogP contribution is -2.54. The lowest BCUT2D eigenvalue weighted by molar-refractivity contribution is -0.139. The Labute approximate surface area is 148 Å². The van der Waals surface area contributed by atoms with Crippen LogP contribution in [-0.2, 0) is 4.79 Å². The van der Waals surface area contributed by atoms with Crippen LogP contribution in [0.5, 0.6) is 5.75 Å². The molecule has 2 aliphatic rings. The van der Waals surface area contributed by atoms with Crippen molar-refractivity contribution in [3.63, 3.8) is 0 Å². The molecule has 6 nitrogen and oxygen atoms in total. The van der Waals surface area contributed by atoms with Crippen molar-refractivity contribution < 1.29 is 19.4 Å². The summed E-state index contributed by atoms with van der Waals surface area (Å²) in [5.41, 5.74) is 0.627. The number of hydrogen-bond acceptors (Lipinski definition) is 4. The summed E-state index contributed by atoms with van der Waals surface area (Å²) >= 11 is 0. The molecule has 1 aromatic rings. The molecule has 2 fully saturated rings. The highest BCUT2D eigenvalue weighted by molar-refractivity contribution is 5.94. The van der Waals surface area contributed by atoms with Crippen LogP contribution in [-0.4, -0.2) is 53.2 Å². The van der Waals surface area contributed by atoms with Gasteiger partial charge in [0, 0.05) is 17.6 Å². The Morgan fingerprint density at radius 2 is 1.92 bits per heavy atom. The van der Waals surface area contributed by atoms with Crippen LogP contribution in [0.25, 0.3) is 0 Å². The number of ether oxygens (including phenoxy) is 1. The minimum Gasteiger partial charge on any atom is -0.490 e. The van der Waals surface area contributed by atoms with Crippen LogP contribution in [0.1, 0.15) is 49.4 Å². The maximum absolute atomic E-state index is 12.3. The van der Waals surface area contributed by atoms with Gasteiger partial charge in [-0.05, 0) is 62.9 Å². The van der Waals surface area contributed by atoms with Crippen LogP contribution >= 0.6 is 0 Å². The van der Waals surface area contributed by atoms with Gasteiger partial charge in [-0.1, -0.05) is 6.92 Å². The number of carboxylic acids is 1. The van der Waals surface area contributed by atoms with E-state index >= 15 is 0 Å². The first-order chi connectivity index (χ1) is 12.0. The number of hydrogen-bond donors (Lipinski definition) is 2. The number of benzene rings is 1. The van der Waals surface area contributed by atoms with Gasteiger partial charge in [-0.25, -0.2) is 0 Å². The molecule has 0 aromatic heterocycles. The zero-order valence-corrected chi connectivity index (χ0v) is 14.6. The second-order valence-electron chi connectivity index (χ2n) is 6.95. The third-order valence-corrected chi connectivity index (χ3v) is 5.18. The third-order valence-electron chi connectivity index (χ3n) is 5.18. The third kappa shape index (κ3) is 4.51. The lowest BCUT2D eigenvalue weighted by atomic mass is 9.85. The van der Waals surface area contributed by atoms with Crippen molar-refractivity contribution in [2.45, 2.75) is 57.2 Å². The molecule has 0 radical (unpaired) electrons. The predicted octanol–water partition coefficient (Wildman–Crippen LogP) is 2.29. The molecule has 3 rings (SSSR count). The second-order valence-corrected chi connectivity index (χ2v) is 6.95. The summed E-state index contributed by atoms with van der Waals surface area (Å²) in [5, 5.41) is 11.9. The first-order valence-electron chi connectivity index (χ1n) is 9.08. The van der Waals surface area contributed by atoms with E-state index in [2.05, 4.69) is 5.32 Å². The van der Waals surface area contributed by atoms with E-state index in [0.717, 1.165) is 31.4 Å². The van der Waals surface area contributed by atoms with Gasteiger partial charge in [-0.2, -0.15) is 0 Å². The Kier molecular flexibility index (Phi) is 5.58. The Bertz CT molecular complexity index is 606. The maximum atomic E-state index is 12.3. The average molecular weight is 346 g/mol. The zero-order valence-electron chi connectivity index (χ0n) is 14.6. The summed E-state index contributed by atoms with van der Waals surface area (Å²) in [5.74, 6) is -0.0734. The highest BCUT2D eigenvalue weighted by Gasteiger charge is 2.34. The minimum atomic E-state index is -0.807. The van der Waals surface area contributed by atoms with E-state index in [0.29, 0.717) is 18.2 Å². The molecule has 0 bridgehead atoms. The first-order valence-corrected chi connectivity index (χ1v) is 9.08. The molecule has 1 aromatic carbocycles. The van der Waals surface area contributed by atoms with Gasteiger partial charge in [0.2, 0.25) is 0 Å². The van der Waals surface area contributed by atoms with E-state index in [1.54, 1.807) is 12.1 Å². The topological polar surface area (TPSA) is 78.9 Å². The number of amides is 1. The van der Waals surface area contributed by atoms with Gasteiger partial charge in [-0.15, -0.1) is 0 Å². The number of nitrogens with one attached hydrogen (secondary N) is 1. The zero-order chi connectivity index (χ0) is 17.8. The van der Waals surface area contributed by atoms with E-state index < -0.39 is 5.97 Å². The number of likely N-dealkylation sites (N-methyl/N-ethyl adjacent to an activating group) is 1. The van der Waals surface area contributed by atoms with Gasteiger partial charge in [0.05, 0.1) is 12.6 Å². The summed E-state index contributed by atoms with van der Waals surface area (Å²) in [6.07, 6.45) is 5.39. The molecular formula is C19H26N2O4. The summed E-state index contributed by atoms with van der Waals surface area (Å²) in [7, 11) is 0. The second kappa shape index (κ2) is 7.87. The summed E-state index contributed by atoms with van der Waals surface area (Å²) < 4.78 is 5.80. The summed E-state index contributed by atoms with van der Waals surface area (Å²) in [6, 6.07) is 7.64. The molecule has 0 heterocycles. The molecule has 0 spiro atoms. The quantitative estimate of drug-likeness (QED) is 0.755. The van der Waals surface area contributed by atoms with Crippen molar-refractivity contribution in [3.05, 3.63) is 29.8 Å². The molecule has 6 heteroatoms. The normalized spacial score (nSPS) is 22.8. The number of aliphatic carboxylic acids is 1. The highest BCUT2D eigenvalue weighted by atomic mass is 16.5. The van der Waals surface area contributed by atoms with Crippen molar-refractivity contribution in [1.29, 1.82) is 0 Å². The lowest BCUT2D eigenvalue weighted by Gasteiger charge is -2.42. The maximum Gasteiger partial charge on any atom is 0.317 e. The van der Waals surface area contributed by atoms with Crippen LogP contribution in [0.15, 0.2) is 24.3 Å². The monoisotopic (exact) mass is 346 g/mol. The molecule has 0 unspecified atom stereocenters. The number of carbonyl (C=O) groups excluding carboxylic acids is 1. The fourth-order valence-electron chi connectivity index (χ4n) is 3.31. The fraction of sp³-hybridized carbons (Fsp3) is 0.579. The average Bonchev–Trinajstić information content (AvgIpc) is 2.52. The number of carbonyl (C=O) groups is 2. The van der Waals surface area contributed by atoms with Gasteiger partial charge in [0.15, 0.2) is 0 Å². The van der Waals surface area contributed by atoms with Crippen molar-refractivity contribution in [1.82, 2.24) is 10.2 Å². The van der Waals surface area contributed by atoms with Crippen LogP contribution < -0.4 is 10.1 Å². The summed E-state index contributed by atoms with van der Waals surface area (Å²) in [4.78, 5) is 25.1. The molecule has 1 amide bonds. The number of carboxylic acid groups (broad SMARTS) is 1.